The highest BCUT2D eigenvalue weighted by Crippen LogP contribution is 2.23. The highest BCUT2D eigenvalue weighted by molar-refractivity contribution is 5.14. The zero-order valence-corrected chi connectivity index (χ0v) is 12.4. The van der Waals surface area contributed by atoms with E-state index in [4.69, 9.17) is 0 Å². The van der Waals surface area contributed by atoms with Gasteiger partial charge in [0, 0.05) is 25.7 Å². The molecule has 2 unspecified atom stereocenters. The molecule has 0 aliphatic heterocycles. The molecular weight excluding hydrogens is 232 g/mol. The molecule has 2 rings (SSSR count). The lowest BCUT2D eigenvalue weighted by Crippen LogP contribution is -2.38. The first-order valence-electron chi connectivity index (χ1n) is 7.70. The summed E-state index contributed by atoms with van der Waals surface area (Å²) in [4.78, 5) is 2.40. The lowest BCUT2D eigenvalue weighted by molar-refractivity contribution is 0.274. The van der Waals surface area contributed by atoms with Crippen molar-refractivity contribution in [2.24, 2.45) is 5.92 Å². The van der Waals surface area contributed by atoms with Crippen molar-refractivity contribution >= 4 is 0 Å². The van der Waals surface area contributed by atoms with Crippen LogP contribution in [-0.2, 0) is 6.54 Å². The second kappa shape index (κ2) is 7.66. The van der Waals surface area contributed by atoms with Gasteiger partial charge in [0.1, 0.15) is 0 Å². The van der Waals surface area contributed by atoms with Crippen molar-refractivity contribution in [2.75, 3.05) is 20.1 Å². The van der Waals surface area contributed by atoms with Gasteiger partial charge >= 0.3 is 0 Å². The third-order valence-corrected chi connectivity index (χ3v) is 4.16. The molecule has 1 aromatic carbocycles. The van der Waals surface area contributed by atoms with E-state index in [0.29, 0.717) is 0 Å². The van der Waals surface area contributed by atoms with E-state index in [1.54, 1.807) is 0 Å². The Bertz CT molecular complexity index is 350. The Labute approximate surface area is 118 Å². The number of hydrogen-bond acceptors (Lipinski definition) is 2. The molecule has 1 aromatic rings. The van der Waals surface area contributed by atoms with Crippen molar-refractivity contribution in [3.8, 4) is 0 Å². The summed E-state index contributed by atoms with van der Waals surface area (Å²) in [6, 6.07) is 11.5. The predicted molar refractivity (Wildman–Crippen MR) is 82.2 cm³/mol. The number of nitrogens with zero attached hydrogens (tertiary/aromatic N) is 1. The lowest BCUT2D eigenvalue weighted by Gasteiger charge is -2.28. The second-order valence-electron chi connectivity index (χ2n) is 6.15. The Hall–Kier alpha value is -0.860. The van der Waals surface area contributed by atoms with Crippen LogP contribution >= 0.6 is 0 Å². The highest BCUT2D eigenvalue weighted by atomic mass is 15.1. The van der Waals surface area contributed by atoms with Gasteiger partial charge < -0.3 is 10.2 Å². The Balaban J connectivity index is 1.62. The molecule has 19 heavy (non-hydrogen) atoms. The van der Waals surface area contributed by atoms with Gasteiger partial charge in [0.25, 0.3) is 0 Å². The highest BCUT2D eigenvalue weighted by Gasteiger charge is 2.17. The minimum atomic E-state index is 0.758. The first-order valence-corrected chi connectivity index (χ1v) is 7.70. The molecule has 1 aliphatic carbocycles. The largest absolute Gasteiger partial charge is 0.313 e. The fourth-order valence-corrected chi connectivity index (χ4v) is 3.05. The Morgan fingerprint density at radius 1 is 1.21 bits per heavy atom. The predicted octanol–water partition coefficient (Wildman–Crippen LogP) is 3.29. The molecule has 0 spiro atoms. The average molecular weight is 260 g/mol. The van der Waals surface area contributed by atoms with Crippen LogP contribution in [-0.4, -0.2) is 31.1 Å². The van der Waals surface area contributed by atoms with Crippen molar-refractivity contribution < 1.29 is 0 Å². The van der Waals surface area contributed by atoms with Crippen LogP contribution in [0.2, 0.25) is 0 Å². The third kappa shape index (κ3) is 5.33. The molecule has 0 heterocycles. The minimum absolute atomic E-state index is 0.758. The van der Waals surface area contributed by atoms with E-state index in [-0.39, 0.29) is 0 Å². The normalized spacial score (nSPS) is 23.7. The zero-order chi connectivity index (χ0) is 13.5. The molecule has 2 atom stereocenters. The summed E-state index contributed by atoms with van der Waals surface area (Å²) in [5, 5.41) is 3.73. The van der Waals surface area contributed by atoms with Gasteiger partial charge in [-0.15, -0.1) is 0 Å². The quantitative estimate of drug-likeness (QED) is 0.844. The molecule has 0 aromatic heterocycles. The summed E-state index contributed by atoms with van der Waals surface area (Å²) < 4.78 is 0. The van der Waals surface area contributed by atoms with Gasteiger partial charge in [-0.3, -0.25) is 0 Å². The van der Waals surface area contributed by atoms with Gasteiger partial charge in [-0.25, -0.2) is 0 Å². The van der Waals surface area contributed by atoms with E-state index in [1.165, 1.54) is 31.2 Å². The minimum Gasteiger partial charge on any atom is -0.313 e. The van der Waals surface area contributed by atoms with Crippen molar-refractivity contribution in [1.29, 1.82) is 0 Å². The van der Waals surface area contributed by atoms with E-state index < -0.39 is 0 Å². The van der Waals surface area contributed by atoms with Crippen LogP contribution in [0.25, 0.3) is 0 Å². The van der Waals surface area contributed by atoms with Crippen LogP contribution in [0, 0.1) is 5.92 Å². The molecule has 0 radical (unpaired) electrons. The molecule has 0 saturated heterocycles. The van der Waals surface area contributed by atoms with Crippen molar-refractivity contribution in [3.63, 3.8) is 0 Å². The van der Waals surface area contributed by atoms with Crippen molar-refractivity contribution in [2.45, 2.75) is 45.2 Å². The number of benzene rings is 1. The molecule has 1 saturated carbocycles. The third-order valence-electron chi connectivity index (χ3n) is 4.16. The van der Waals surface area contributed by atoms with E-state index >= 15 is 0 Å². The molecule has 1 N–H and O–H groups in total. The fraction of sp³-hybridized carbons (Fsp3) is 0.647. The van der Waals surface area contributed by atoms with Gasteiger partial charge in [-0.05, 0) is 31.4 Å². The molecule has 0 amide bonds. The van der Waals surface area contributed by atoms with Crippen LogP contribution < -0.4 is 5.32 Å². The van der Waals surface area contributed by atoms with E-state index in [9.17, 15) is 0 Å². The topological polar surface area (TPSA) is 15.3 Å². The summed E-state index contributed by atoms with van der Waals surface area (Å²) >= 11 is 0. The number of hydrogen-bond donors (Lipinski definition) is 1. The first-order chi connectivity index (χ1) is 9.24. The maximum Gasteiger partial charge on any atom is 0.0231 e. The SMILES string of the molecule is CC1CCCC(NCCN(C)Cc2ccccc2)C1. The Morgan fingerprint density at radius 3 is 2.74 bits per heavy atom. The van der Waals surface area contributed by atoms with Gasteiger partial charge in [0.2, 0.25) is 0 Å². The lowest BCUT2D eigenvalue weighted by atomic mass is 9.87. The monoisotopic (exact) mass is 260 g/mol. The summed E-state index contributed by atoms with van der Waals surface area (Å²) in [5.74, 6) is 0.910. The average Bonchev–Trinajstić information content (AvgIpc) is 2.40. The van der Waals surface area contributed by atoms with Crippen LogP contribution in [0.1, 0.15) is 38.2 Å². The van der Waals surface area contributed by atoms with Crippen molar-refractivity contribution in [1.82, 2.24) is 10.2 Å². The van der Waals surface area contributed by atoms with Crippen LogP contribution in [0.5, 0.6) is 0 Å². The molecule has 2 heteroatoms. The summed E-state index contributed by atoms with van der Waals surface area (Å²) in [6.45, 7) is 5.67. The first kappa shape index (κ1) is 14.5. The van der Waals surface area contributed by atoms with E-state index in [2.05, 4.69) is 54.5 Å². The maximum atomic E-state index is 3.73. The summed E-state index contributed by atoms with van der Waals surface area (Å²) in [5.41, 5.74) is 1.40. The maximum absolute atomic E-state index is 3.73. The van der Waals surface area contributed by atoms with Gasteiger partial charge in [0.15, 0.2) is 0 Å². The second-order valence-corrected chi connectivity index (χ2v) is 6.15. The molecule has 106 valence electrons. The number of rotatable bonds is 6. The molecule has 1 fully saturated rings. The smallest absolute Gasteiger partial charge is 0.0231 e. The van der Waals surface area contributed by atoms with Gasteiger partial charge in [-0.2, -0.15) is 0 Å². The number of nitrogens with one attached hydrogen (secondary N) is 1. The standard InChI is InChI=1S/C17H28N2/c1-15-7-6-10-17(13-15)18-11-12-19(2)14-16-8-4-3-5-9-16/h3-5,8-9,15,17-18H,6-7,10-14H2,1-2H3. The molecule has 2 nitrogen and oxygen atoms in total. The Kier molecular flexibility index (Phi) is 5.87. The van der Waals surface area contributed by atoms with E-state index in [1.807, 2.05) is 0 Å². The summed E-state index contributed by atoms with van der Waals surface area (Å²) in [7, 11) is 2.21. The van der Waals surface area contributed by atoms with Gasteiger partial charge in [-0.1, -0.05) is 50.1 Å². The fourth-order valence-electron chi connectivity index (χ4n) is 3.05. The molecule has 1 aliphatic rings. The molecular formula is C17H28N2. The Morgan fingerprint density at radius 2 is 2.00 bits per heavy atom. The summed E-state index contributed by atoms with van der Waals surface area (Å²) in [6.07, 6.45) is 5.56. The van der Waals surface area contributed by atoms with Crippen LogP contribution in [0.4, 0.5) is 0 Å². The number of likely N-dealkylation sites (N-methyl/N-ethyl adjacent to an activating group) is 1. The molecule has 0 bridgehead atoms. The van der Waals surface area contributed by atoms with E-state index in [0.717, 1.165) is 31.6 Å². The van der Waals surface area contributed by atoms with Crippen LogP contribution in [0.15, 0.2) is 30.3 Å². The van der Waals surface area contributed by atoms with Gasteiger partial charge in [0.05, 0.1) is 0 Å². The van der Waals surface area contributed by atoms with Crippen molar-refractivity contribution in [3.05, 3.63) is 35.9 Å². The van der Waals surface area contributed by atoms with Crippen LogP contribution in [0.3, 0.4) is 0 Å². The zero-order valence-electron chi connectivity index (χ0n) is 12.4.